The number of nitrogens with two attached hydrogens (primary N) is 1. The number of rotatable bonds is 4. The van der Waals surface area contributed by atoms with Crippen molar-refractivity contribution in [3.8, 4) is 0 Å². The first-order valence-electron chi connectivity index (χ1n) is 6.94. The van der Waals surface area contributed by atoms with E-state index in [0.717, 1.165) is 35.4 Å². The van der Waals surface area contributed by atoms with Crippen molar-refractivity contribution in [2.24, 2.45) is 0 Å². The molecule has 1 aliphatic heterocycles. The second-order valence-corrected chi connectivity index (χ2v) is 5.08. The molecule has 0 unspecified atom stereocenters. The molecule has 1 aromatic heterocycles. The fourth-order valence-electron chi connectivity index (χ4n) is 2.70. The van der Waals surface area contributed by atoms with Crippen LogP contribution < -0.4 is 11.1 Å². The normalized spacial score (nSPS) is 16.0. The molecule has 2 aromatic rings. The Morgan fingerprint density at radius 1 is 1.21 bits per heavy atom. The van der Waals surface area contributed by atoms with Gasteiger partial charge in [-0.3, -0.25) is 4.98 Å². The van der Waals surface area contributed by atoms with Gasteiger partial charge in [0.2, 0.25) is 0 Å². The van der Waals surface area contributed by atoms with Crippen molar-refractivity contribution in [2.75, 3.05) is 37.2 Å². The monoisotopic (exact) mass is 256 g/mol. The number of nitrogens with one attached hydrogen (secondary N) is 1. The van der Waals surface area contributed by atoms with E-state index in [4.69, 9.17) is 5.73 Å². The standard InChI is InChI=1S/C15H20N4/c16-13-5-6-14(12-4-3-7-18-15(12)13)17-8-11-19-9-1-2-10-19/h3-7,17H,1-2,8-11,16H2. The molecule has 0 aliphatic carbocycles. The van der Waals surface area contributed by atoms with Crippen LogP contribution in [-0.4, -0.2) is 36.1 Å². The fraction of sp³-hybridized carbons (Fsp3) is 0.400. The number of aromatic nitrogens is 1. The first-order chi connectivity index (χ1) is 9.34. The summed E-state index contributed by atoms with van der Waals surface area (Å²) < 4.78 is 0. The summed E-state index contributed by atoms with van der Waals surface area (Å²) in [5, 5.41) is 4.61. The Hall–Kier alpha value is -1.81. The maximum atomic E-state index is 5.95. The molecule has 0 saturated carbocycles. The summed E-state index contributed by atoms with van der Waals surface area (Å²) in [6, 6.07) is 7.99. The Balaban J connectivity index is 1.72. The number of benzene rings is 1. The maximum Gasteiger partial charge on any atom is 0.0951 e. The molecule has 3 rings (SSSR count). The van der Waals surface area contributed by atoms with E-state index >= 15 is 0 Å². The summed E-state index contributed by atoms with van der Waals surface area (Å²) in [6.07, 6.45) is 4.47. The van der Waals surface area contributed by atoms with Crippen LogP contribution in [0.4, 0.5) is 11.4 Å². The molecule has 4 nitrogen and oxygen atoms in total. The molecule has 1 aliphatic rings. The third-order valence-electron chi connectivity index (χ3n) is 3.74. The Morgan fingerprint density at radius 2 is 2.05 bits per heavy atom. The maximum absolute atomic E-state index is 5.95. The number of nitrogens with zero attached hydrogens (tertiary/aromatic N) is 2. The SMILES string of the molecule is Nc1ccc(NCCN2CCCC2)c2cccnc12. The predicted molar refractivity (Wildman–Crippen MR) is 80.3 cm³/mol. The van der Waals surface area contributed by atoms with Crippen LogP contribution >= 0.6 is 0 Å². The second kappa shape index (κ2) is 5.45. The van der Waals surface area contributed by atoms with Crippen molar-refractivity contribution >= 4 is 22.3 Å². The Morgan fingerprint density at radius 3 is 2.89 bits per heavy atom. The molecule has 1 saturated heterocycles. The molecular formula is C15H20N4. The highest BCUT2D eigenvalue weighted by Crippen LogP contribution is 2.26. The van der Waals surface area contributed by atoms with Crippen molar-refractivity contribution in [1.29, 1.82) is 0 Å². The third kappa shape index (κ3) is 2.63. The van der Waals surface area contributed by atoms with Gasteiger partial charge in [0.25, 0.3) is 0 Å². The van der Waals surface area contributed by atoms with Crippen LogP contribution in [0.15, 0.2) is 30.5 Å². The Kier molecular flexibility index (Phi) is 3.51. The first-order valence-corrected chi connectivity index (χ1v) is 6.94. The summed E-state index contributed by atoms with van der Waals surface area (Å²) in [7, 11) is 0. The van der Waals surface area contributed by atoms with E-state index in [9.17, 15) is 0 Å². The van der Waals surface area contributed by atoms with Crippen LogP contribution in [0.2, 0.25) is 0 Å². The number of pyridine rings is 1. The minimum absolute atomic E-state index is 0.737. The van der Waals surface area contributed by atoms with E-state index in [2.05, 4.69) is 21.3 Å². The van der Waals surface area contributed by atoms with Crippen molar-refractivity contribution in [3.05, 3.63) is 30.5 Å². The summed E-state index contributed by atoms with van der Waals surface area (Å²) in [6.45, 7) is 4.55. The van der Waals surface area contributed by atoms with Crippen molar-refractivity contribution in [3.63, 3.8) is 0 Å². The van der Waals surface area contributed by atoms with E-state index in [1.165, 1.54) is 25.9 Å². The predicted octanol–water partition coefficient (Wildman–Crippen LogP) is 2.32. The van der Waals surface area contributed by atoms with Gasteiger partial charge >= 0.3 is 0 Å². The summed E-state index contributed by atoms with van der Waals surface area (Å²) in [5.74, 6) is 0. The van der Waals surface area contributed by atoms with E-state index in [1.807, 2.05) is 18.2 Å². The first kappa shape index (κ1) is 12.2. The van der Waals surface area contributed by atoms with E-state index < -0.39 is 0 Å². The Bertz CT molecular complexity index is 561. The lowest BCUT2D eigenvalue weighted by Gasteiger charge is -2.16. The van der Waals surface area contributed by atoms with Gasteiger partial charge in [-0.25, -0.2) is 0 Å². The zero-order chi connectivity index (χ0) is 13.1. The topological polar surface area (TPSA) is 54.2 Å². The molecular weight excluding hydrogens is 236 g/mol. The van der Waals surface area contributed by atoms with Gasteiger partial charge in [-0.2, -0.15) is 0 Å². The largest absolute Gasteiger partial charge is 0.397 e. The molecule has 4 heteroatoms. The van der Waals surface area contributed by atoms with Crippen molar-refractivity contribution in [1.82, 2.24) is 9.88 Å². The summed E-state index contributed by atoms with van der Waals surface area (Å²) in [4.78, 5) is 6.86. The average Bonchev–Trinajstić information content (AvgIpc) is 2.95. The quantitative estimate of drug-likeness (QED) is 0.824. The lowest BCUT2D eigenvalue weighted by atomic mass is 10.1. The van der Waals surface area contributed by atoms with E-state index in [1.54, 1.807) is 6.20 Å². The minimum atomic E-state index is 0.737. The smallest absolute Gasteiger partial charge is 0.0951 e. The lowest BCUT2D eigenvalue weighted by molar-refractivity contribution is 0.353. The second-order valence-electron chi connectivity index (χ2n) is 5.08. The van der Waals surface area contributed by atoms with Gasteiger partial charge in [0, 0.05) is 30.4 Å². The summed E-state index contributed by atoms with van der Waals surface area (Å²) >= 11 is 0. The number of hydrogen-bond donors (Lipinski definition) is 2. The molecule has 0 radical (unpaired) electrons. The van der Waals surface area contributed by atoms with Gasteiger partial charge in [0.1, 0.15) is 0 Å². The number of nitrogen functional groups attached to an aromatic ring is 1. The van der Waals surface area contributed by atoms with Crippen LogP contribution in [0, 0.1) is 0 Å². The van der Waals surface area contributed by atoms with Gasteiger partial charge in [0.15, 0.2) is 0 Å². The number of hydrogen-bond acceptors (Lipinski definition) is 4. The van der Waals surface area contributed by atoms with Crippen LogP contribution in [0.3, 0.4) is 0 Å². The fourth-order valence-corrected chi connectivity index (χ4v) is 2.70. The summed E-state index contributed by atoms with van der Waals surface area (Å²) in [5.41, 5.74) is 8.70. The molecule has 100 valence electrons. The van der Waals surface area contributed by atoms with Gasteiger partial charge in [-0.05, 0) is 50.2 Å². The van der Waals surface area contributed by atoms with Crippen LogP contribution in [0.5, 0.6) is 0 Å². The van der Waals surface area contributed by atoms with Crippen molar-refractivity contribution in [2.45, 2.75) is 12.8 Å². The molecule has 1 aromatic carbocycles. The zero-order valence-electron chi connectivity index (χ0n) is 11.1. The molecule has 0 bridgehead atoms. The van der Waals surface area contributed by atoms with Crippen LogP contribution in [0.25, 0.3) is 10.9 Å². The lowest BCUT2D eigenvalue weighted by Crippen LogP contribution is -2.26. The van der Waals surface area contributed by atoms with Gasteiger partial charge in [-0.15, -0.1) is 0 Å². The molecule has 0 atom stereocenters. The molecule has 1 fully saturated rings. The highest BCUT2D eigenvalue weighted by Gasteiger charge is 2.10. The van der Waals surface area contributed by atoms with Gasteiger partial charge in [-0.1, -0.05) is 0 Å². The van der Waals surface area contributed by atoms with Gasteiger partial charge < -0.3 is 16.0 Å². The van der Waals surface area contributed by atoms with Gasteiger partial charge in [0.05, 0.1) is 11.2 Å². The highest BCUT2D eigenvalue weighted by atomic mass is 15.1. The zero-order valence-corrected chi connectivity index (χ0v) is 11.1. The molecule has 0 amide bonds. The molecule has 19 heavy (non-hydrogen) atoms. The molecule has 0 spiro atoms. The average molecular weight is 256 g/mol. The minimum Gasteiger partial charge on any atom is -0.397 e. The number of anilines is 2. The molecule has 3 N–H and O–H groups in total. The van der Waals surface area contributed by atoms with Crippen LogP contribution in [0.1, 0.15) is 12.8 Å². The highest BCUT2D eigenvalue weighted by molar-refractivity contribution is 5.98. The van der Waals surface area contributed by atoms with Crippen molar-refractivity contribution < 1.29 is 0 Å². The number of fused-ring (bicyclic) bond motifs is 1. The third-order valence-corrected chi connectivity index (χ3v) is 3.74. The number of likely N-dealkylation sites (tertiary alicyclic amines) is 1. The van der Waals surface area contributed by atoms with E-state index in [0.29, 0.717) is 0 Å². The van der Waals surface area contributed by atoms with E-state index in [-0.39, 0.29) is 0 Å². The Labute approximate surface area is 113 Å². The van der Waals surface area contributed by atoms with Crippen LogP contribution in [-0.2, 0) is 0 Å². The molecule has 2 heterocycles.